The molecule has 0 unspecified atom stereocenters. The summed E-state index contributed by atoms with van der Waals surface area (Å²) in [6.45, 7) is 4.20. The highest BCUT2D eigenvalue weighted by Crippen LogP contribution is 2.70. The van der Waals surface area contributed by atoms with Crippen molar-refractivity contribution in [2.75, 3.05) is 0 Å². The van der Waals surface area contributed by atoms with Crippen LogP contribution in [0.4, 0.5) is 0 Å². The number of rotatable bonds is 1. The van der Waals surface area contributed by atoms with Gasteiger partial charge in [-0.2, -0.15) is 0 Å². The van der Waals surface area contributed by atoms with E-state index in [4.69, 9.17) is 5.11 Å². The Kier molecular flexibility index (Phi) is 1.05. The Morgan fingerprint density at radius 2 is 2.18 bits per heavy atom. The fourth-order valence-corrected chi connectivity index (χ4v) is 2.98. The van der Waals surface area contributed by atoms with E-state index in [1.165, 1.54) is 0 Å². The van der Waals surface area contributed by atoms with Crippen LogP contribution in [0.25, 0.3) is 0 Å². The lowest BCUT2D eigenvalue weighted by Crippen LogP contribution is -2.52. The van der Waals surface area contributed by atoms with Gasteiger partial charge in [0.1, 0.15) is 0 Å². The molecule has 3 rings (SSSR count). The predicted molar refractivity (Wildman–Crippen MR) is 41.2 cm³/mol. The van der Waals surface area contributed by atoms with E-state index in [-0.39, 0.29) is 10.8 Å². The summed E-state index contributed by atoms with van der Waals surface area (Å²) in [6.07, 6.45) is 2.95. The minimum atomic E-state index is -0.573. The van der Waals surface area contributed by atoms with Crippen molar-refractivity contribution in [1.29, 1.82) is 0 Å². The minimum absolute atomic E-state index is 0.0683. The van der Waals surface area contributed by atoms with Crippen LogP contribution in [0.3, 0.4) is 0 Å². The third kappa shape index (κ3) is 0.534. The van der Waals surface area contributed by atoms with Crippen LogP contribution in [-0.4, -0.2) is 11.1 Å². The summed E-state index contributed by atoms with van der Waals surface area (Å²) in [7, 11) is 0. The van der Waals surface area contributed by atoms with Gasteiger partial charge in [0, 0.05) is 0 Å². The number of carboxylic acid groups (broad SMARTS) is 1. The molecule has 0 radical (unpaired) electrons. The highest BCUT2D eigenvalue weighted by atomic mass is 16.4. The fraction of sp³-hybridized carbons (Fsp3) is 0.889. The molecule has 0 amide bonds. The average molecular weight is 154 g/mol. The van der Waals surface area contributed by atoms with Gasteiger partial charge in [0.15, 0.2) is 0 Å². The highest BCUT2D eigenvalue weighted by Gasteiger charge is 2.68. The smallest absolute Gasteiger partial charge is 0.310 e. The second kappa shape index (κ2) is 1.62. The molecule has 2 heteroatoms. The molecule has 2 bridgehead atoms. The standard InChI is InChI=1S/C9H14O2/c1-8(2)6-3-4-9(8,5-6)7(10)11/h6H,3-5H2,1-2H3,(H,10,11)/t6-,9-/m0/s1. The Morgan fingerprint density at radius 1 is 1.55 bits per heavy atom. The van der Waals surface area contributed by atoms with Crippen LogP contribution in [0, 0.1) is 16.7 Å². The third-order valence-corrected chi connectivity index (χ3v) is 4.18. The number of hydrogen-bond donors (Lipinski definition) is 1. The molecule has 3 aliphatic carbocycles. The van der Waals surface area contributed by atoms with Crippen molar-refractivity contribution in [2.24, 2.45) is 16.7 Å². The molecule has 3 saturated carbocycles. The maximum atomic E-state index is 11.0. The molecule has 0 saturated heterocycles. The van der Waals surface area contributed by atoms with E-state index < -0.39 is 5.97 Å². The van der Waals surface area contributed by atoms with E-state index in [9.17, 15) is 4.79 Å². The molecule has 1 N–H and O–H groups in total. The molecule has 0 aromatic heterocycles. The Bertz CT molecular complexity index is 216. The molecule has 0 spiro atoms. The van der Waals surface area contributed by atoms with Crippen molar-refractivity contribution in [2.45, 2.75) is 33.1 Å². The number of carbonyl (C=O) groups is 1. The van der Waals surface area contributed by atoms with E-state index in [2.05, 4.69) is 13.8 Å². The molecular weight excluding hydrogens is 140 g/mol. The largest absolute Gasteiger partial charge is 0.481 e. The summed E-state index contributed by atoms with van der Waals surface area (Å²) in [5.74, 6) is 0.106. The summed E-state index contributed by atoms with van der Waals surface area (Å²) in [6, 6.07) is 0. The first kappa shape index (κ1) is 7.14. The lowest BCUT2D eigenvalue weighted by Gasteiger charge is -2.51. The van der Waals surface area contributed by atoms with Gasteiger partial charge in [0.2, 0.25) is 0 Å². The van der Waals surface area contributed by atoms with Crippen LogP contribution in [0.5, 0.6) is 0 Å². The average Bonchev–Trinajstić information content (AvgIpc) is 2.40. The summed E-state index contributed by atoms with van der Waals surface area (Å²) >= 11 is 0. The van der Waals surface area contributed by atoms with Crippen LogP contribution in [0.15, 0.2) is 0 Å². The molecule has 0 aliphatic heterocycles. The van der Waals surface area contributed by atoms with Gasteiger partial charge in [-0.3, -0.25) is 4.79 Å². The molecule has 0 aromatic rings. The van der Waals surface area contributed by atoms with Crippen molar-refractivity contribution in [3.05, 3.63) is 0 Å². The van der Waals surface area contributed by atoms with Gasteiger partial charge >= 0.3 is 5.97 Å². The molecule has 2 atom stereocenters. The Balaban J connectivity index is 2.36. The van der Waals surface area contributed by atoms with Crippen LogP contribution in [0.1, 0.15) is 33.1 Å². The first-order valence-corrected chi connectivity index (χ1v) is 4.24. The summed E-state index contributed by atoms with van der Waals surface area (Å²) in [5.41, 5.74) is -0.281. The fourth-order valence-electron chi connectivity index (χ4n) is 2.98. The summed E-state index contributed by atoms with van der Waals surface area (Å²) in [4.78, 5) is 11.0. The van der Waals surface area contributed by atoms with Crippen LogP contribution in [-0.2, 0) is 4.79 Å². The second-order valence-electron chi connectivity index (χ2n) is 4.55. The molecular formula is C9H14O2. The monoisotopic (exact) mass is 154 g/mol. The van der Waals surface area contributed by atoms with E-state index >= 15 is 0 Å². The van der Waals surface area contributed by atoms with Gasteiger partial charge in [-0.05, 0) is 30.6 Å². The third-order valence-electron chi connectivity index (χ3n) is 4.18. The van der Waals surface area contributed by atoms with Crippen molar-refractivity contribution in [3.8, 4) is 0 Å². The van der Waals surface area contributed by atoms with Crippen LogP contribution in [0.2, 0.25) is 0 Å². The van der Waals surface area contributed by atoms with Crippen molar-refractivity contribution in [1.82, 2.24) is 0 Å². The van der Waals surface area contributed by atoms with Gasteiger partial charge in [0.25, 0.3) is 0 Å². The highest BCUT2D eigenvalue weighted by molar-refractivity contribution is 5.78. The van der Waals surface area contributed by atoms with Gasteiger partial charge in [-0.15, -0.1) is 0 Å². The van der Waals surface area contributed by atoms with Crippen molar-refractivity contribution >= 4 is 5.97 Å². The first-order chi connectivity index (χ1) is 5.01. The number of hydrogen-bond acceptors (Lipinski definition) is 1. The van der Waals surface area contributed by atoms with Crippen molar-refractivity contribution in [3.63, 3.8) is 0 Å². The summed E-state index contributed by atoms with van der Waals surface area (Å²) in [5, 5.41) is 9.05. The van der Waals surface area contributed by atoms with E-state index in [0.29, 0.717) is 5.92 Å². The van der Waals surface area contributed by atoms with Gasteiger partial charge in [-0.1, -0.05) is 13.8 Å². The lowest BCUT2D eigenvalue weighted by atomic mass is 9.51. The summed E-state index contributed by atoms with van der Waals surface area (Å²) < 4.78 is 0. The van der Waals surface area contributed by atoms with Crippen LogP contribution < -0.4 is 0 Å². The lowest BCUT2D eigenvalue weighted by molar-refractivity contribution is -0.170. The molecule has 62 valence electrons. The molecule has 3 fully saturated rings. The molecule has 0 heterocycles. The first-order valence-electron chi connectivity index (χ1n) is 4.24. The van der Waals surface area contributed by atoms with Crippen LogP contribution >= 0.6 is 0 Å². The Labute approximate surface area is 66.6 Å². The zero-order chi connectivity index (χ0) is 8.28. The maximum absolute atomic E-state index is 11.0. The Hall–Kier alpha value is -0.530. The number of carboxylic acids is 1. The SMILES string of the molecule is CC1(C)[C@H]2CC[C@@]1(C(=O)O)C2. The van der Waals surface area contributed by atoms with E-state index in [0.717, 1.165) is 19.3 Å². The Morgan fingerprint density at radius 3 is 2.36 bits per heavy atom. The van der Waals surface area contributed by atoms with E-state index in [1.807, 2.05) is 0 Å². The second-order valence-corrected chi connectivity index (χ2v) is 4.55. The zero-order valence-corrected chi connectivity index (χ0v) is 7.05. The number of fused-ring (bicyclic) bond motifs is 1. The van der Waals surface area contributed by atoms with E-state index in [1.54, 1.807) is 0 Å². The molecule has 2 nitrogen and oxygen atoms in total. The number of aliphatic carboxylic acids is 1. The normalized spacial score (nSPS) is 45.1. The molecule has 3 aliphatic rings. The van der Waals surface area contributed by atoms with Gasteiger partial charge < -0.3 is 5.11 Å². The van der Waals surface area contributed by atoms with Crippen molar-refractivity contribution < 1.29 is 9.90 Å². The minimum Gasteiger partial charge on any atom is -0.481 e. The topological polar surface area (TPSA) is 37.3 Å². The van der Waals surface area contributed by atoms with Gasteiger partial charge in [-0.25, -0.2) is 0 Å². The molecule has 11 heavy (non-hydrogen) atoms. The maximum Gasteiger partial charge on any atom is 0.310 e. The zero-order valence-electron chi connectivity index (χ0n) is 7.05. The molecule has 0 aromatic carbocycles. The quantitative estimate of drug-likeness (QED) is 0.626. The van der Waals surface area contributed by atoms with Gasteiger partial charge in [0.05, 0.1) is 5.41 Å². The predicted octanol–water partition coefficient (Wildman–Crippen LogP) is 1.90.